The molecule has 1 aromatic carbocycles. The van der Waals surface area contributed by atoms with Crippen LogP contribution in [-0.4, -0.2) is 39.3 Å². The number of hydrogen-bond acceptors (Lipinski definition) is 7. The van der Waals surface area contributed by atoms with Crippen molar-refractivity contribution in [2.75, 3.05) is 0 Å². The molecule has 2 unspecified atom stereocenters. The Labute approximate surface area is 161 Å². The highest BCUT2D eigenvalue weighted by Gasteiger charge is 2.61. The maximum Gasteiger partial charge on any atom is 0.355 e. The first-order valence-corrected chi connectivity index (χ1v) is 8.84. The first-order chi connectivity index (χ1) is 13.2. The Hall–Kier alpha value is -3.23. The summed E-state index contributed by atoms with van der Waals surface area (Å²) < 4.78 is 10.8. The van der Waals surface area contributed by atoms with Crippen LogP contribution in [0, 0.1) is 10.1 Å². The van der Waals surface area contributed by atoms with Crippen molar-refractivity contribution in [1.82, 2.24) is 4.90 Å². The van der Waals surface area contributed by atoms with Gasteiger partial charge in [0.15, 0.2) is 5.60 Å². The predicted octanol–water partition coefficient (Wildman–Crippen LogP) is 2.24. The number of non-ortho nitro benzene ring substituents is 1. The van der Waals surface area contributed by atoms with Crippen LogP contribution < -0.4 is 0 Å². The summed E-state index contributed by atoms with van der Waals surface area (Å²) in [5.41, 5.74) is 0.121. The lowest BCUT2D eigenvalue weighted by Gasteiger charge is -2.42. The monoisotopic (exact) mass is 388 g/mol. The Kier molecular flexibility index (Phi) is 4.93. The van der Waals surface area contributed by atoms with Gasteiger partial charge >= 0.3 is 11.9 Å². The third kappa shape index (κ3) is 3.12. The van der Waals surface area contributed by atoms with E-state index in [2.05, 4.69) is 0 Å². The van der Waals surface area contributed by atoms with Crippen molar-refractivity contribution in [3.63, 3.8) is 0 Å². The second kappa shape index (κ2) is 7.06. The second-order valence-electron chi connectivity index (χ2n) is 6.86. The lowest BCUT2D eigenvalue weighted by Crippen LogP contribution is -2.59. The molecule has 28 heavy (non-hydrogen) atoms. The van der Waals surface area contributed by atoms with Gasteiger partial charge in [0.1, 0.15) is 12.3 Å². The molecular weight excluding hydrogens is 368 g/mol. The van der Waals surface area contributed by atoms with E-state index in [9.17, 15) is 24.5 Å². The highest BCUT2D eigenvalue weighted by molar-refractivity contribution is 6.00. The number of nitro groups is 1. The minimum absolute atomic E-state index is 0.0620. The first kappa shape index (κ1) is 19.5. The molecule has 0 aromatic heterocycles. The van der Waals surface area contributed by atoms with Crippen molar-refractivity contribution in [3.8, 4) is 0 Å². The smallest absolute Gasteiger partial charge is 0.355 e. The number of hydrogen-bond donors (Lipinski definition) is 0. The number of rotatable bonds is 6. The molecule has 0 saturated carbocycles. The van der Waals surface area contributed by atoms with E-state index in [4.69, 9.17) is 9.47 Å². The SMILES string of the molecule is CCC1=C(C(=O)OCc2ccc([N+](=O)[O-])cc2)N2C(=O)CC2C1(C)OC(C)=O. The quantitative estimate of drug-likeness (QED) is 0.317. The molecule has 9 nitrogen and oxygen atoms in total. The molecule has 2 atom stereocenters. The largest absolute Gasteiger partial charge is 0.456 e. The Morgan fingerprint density at radius 2 is 1.96 bits per heavy atom. The molecule has 0 N–H and O–H groups in total. The van der Waals surface area contributed by atoms with Crippen molar-refractivity contribution >= 4 is 23.5 Å². The Balaban J connectivity index is 1.82. The molecule has 2 aliphatic rings. The molecule has 0 spiro atoms. The van der Waals surface area contributed by atoms with Gasteiger partial charge in [-0.1, -0.05) is 6.92 Å². The van der Waals surface area contributed by atoms with Crippen LogP contribution in [0.4, 0.5) is 5.69 Å². The van der Waals surface area contributed by atoms with Crippen LogP contribution in [-0.2, 0) is 30.5 Å². The molecule has 1 saturated heterocycles. The number of nitro benzene ring substituents is 1. The molecule has 1 amide bonds. The topological polar surface area (TPSA) is 116 Å². The van der Waals surface area contributed by atoms with E-state index in [1.807, 2.05) is 6.92 Å². The fourth-order valence-corrected chi connectivity index (χ4v) is 3.82. The number of carbonyl (C=O) groups is 3. The summed E-state index contributed by atoms with van der Waals surface area (Å²) in [6, 6.07) is 5.22. The number of ether oxygens (including phenoxy) is 2. The minimum atomic E-state index is -1.06. The minimum Gasteiger partial charge on any atom is -0.456 e. The maximum absolute atomic E-state index is 12.7. The van der Waals surface area contributed by atoms with E-state index in [0.29, 0.717) is 17.6 Å². The van der Waals surface area contributed by atoms with Gasteiger partial charge in [0.25, 0.3) is 5.69 Å². The van der Waals surface area contributed by atoms with E-state index in [1.54, 1.807) is 6.92 Å². The molecule has 0 aliphatic carbocycles. The van der Waals surface area contributed by atoms with Crippen molar-refractivity contribution in [3.05, 3.63) is 51.2 Å². The van der Waals surface area contributed by atoms with Crippen LogP contribution in [0.15, 0.2) is 35.5 Å². The Bertz CT molecular complexity index is 890. The van der Waals surface area contributed by atoms with Gasteiger partial charge < -0.3 is 9.47 Å². The number of fused-ring (bicyclic) bond motifs is 1. The van der Waals surface area contributed by atoms with Gasteiger partial charge in [-0.3, -0.25) is 24.6 Å². The van der Waals surface area contributed by atoms with Crippen molar-refractivity contribution in [2.24, 2.45) is 0 Å². The van der Waals surface area contributed by atoms with Gasteiger partial charge in [0.2, 0.25) is 5.91 Å². The molecular formula is C19H20N2O7. The van der Waals surface area contributed by atoms with Crippen LogP contribution in [0.25, 0.3) is 0 Å². The van der Waals surface area contributed by atoms with Gasteiger partial charge in [0.05, 0.1) is 17.4 Å². The standard InChI is InChI=1S/C19H20N2O7/c1-4-14-17(20-15(9-16(20)23)19(14,3)28-11(2)22)18(24)27-10-12-5-7-13(8-6-12)21(25)26/h5-8,15H,4,9-10H2,1-3H3. The van der Waals surface area contributed by atoms with E-state index in [-0.39, 0.29) is 30.3 Å². The Morgan fingerprint density at radius 3 is 2.46 bits per heavy atom. The molecule has 3 rings (SSSR count). The number of nitrogens with zero attached hydrogens (tertiary/aromatic N) is 2. The zero-order valence-corrected chi connectivity index (χ0v) is 15.8. The lowest BCUT2D eigenvalue weighted by molar-refractivity contribution is -0.384. The molecule has 9 heteroatoms. The van der Waals surface area contributed by atoms with Crippen LogP contribution in [0.2, 0.25) is 0 Å². The zero-order valence-electron chi connectivity index (χ0n) is 15.8. The average Bonchev–Trinajstić information content (AvgIpc) is 2.82. The van der Waals surface area contributed by atoms with E-state index < -0.39 is 28.5 Å². The summed E-state index contributed by atoms with van der Waals surface area (Å²) in [6.45, 7) is 4.70. The van der Waals surface area contributed by atoms with E-state index in [0.717, 1.165) is 0 Å². The van der Waals surface area contributed by atoms with Gasteiger partial charge in [-0.2, -0.15) is 0 Å². The Morgan fingerprint density at radius 1 is 1.32 bits per heavy atom. The van der Waals surface area contributed by atoms with Gasteiger partial charge in [0, 0.05) is 24.6 Å². The van der Waals surface area contributed by atoms with Gasteiger partial charge in [-0.15, -0.1) is 0 Å². The van der Waals surface area contributed by atoms with Crippen LogP contribution >= 0.6 is 0 Å². The van der Waals surface area contributed by atoms with Crippen molar-refractivity contribution in [2.45, 2.75) is 51.9 Å². The molecule has 148 valence electrons. The molecule has 0 radical (unpaired) electrons. The van der Waals surface area contributed by atoms with E-state index >= 15 is 0 Å². The first-order valence-electron chi connectivity index (χ1n) is 8.84. The van der Waals surface area contributed by atoms with Crippen molar-refractivity contribution < 1.29 is 28.8 Å². The highest BCUT2D eigenvalue weighted by atomic mass is 16.6. The molecule has 0 bridgehead atoms. The number of benzene rings is 1. The summed E-state index contributed by atoms with van der Waals surface area (Å²) in [4.78, 5) is 48.0. The third-order valence-electron chi connectivity index (χ3n) is 5.13. The highest BCUT2D eigenvalue weighted by Crippen LogP contribution is 2.48. The summed E-state index contributed by atoms with van der Waals surface area (Å²) in [5.74, 6) is -1.41. The molecule has 2 aliphatic heterocycles. The molecule has 1 aromatic rings. The maximum atomic E-state index is 12.7. The summed E-state index contributed by atoms with van der Waals surface area (Å²) in [6.07, 6.45) is 0.596. The number of amides is 1. The molecule has 1 fully saturated rings. The zero-order chi connectivity index (χ0) is 20.6. The summed E-state index contributed by atoms with van der Waals surface area (Å²) in [5, 5.41) is 10.7. The van der Waals surface area contributed by atoms with Crippen LogP contribution in [0.1, 0.15) is 39.2 Å². The van der Waals surface area contributed by atoms with Crippen LogP contribution in [0.3, 0.4) is 0 Å². The number of β-lactam (4-membered cyclic amide) rings is 1. The van der Waals surface area contributed by atoms with Crippen LogP contribution in [0.5, 0.6) is 0 Å². The fourth-order valence-electron chi connectivity index (χ4n) is 3.82. The normalized spacial score (nSPS) is 23.2. The second-order valence-corrected chi connectivity index (χ2v) is 6.86. The summed E-state index contributed by atoms with van der Waals surface area (Å²) >= 11 is 0. The third-order valence-corrected chi connectivity index (χ3v) is 5.13. The van der Waals surface area contributed by atoms with E-state index in [1.165, 1.54) is 36.1 Å². The average molecular weight is 388 g/mol. The predicted molar refractivity (Wildman–Crippen MR) is 95.6 cm³/mol. The lowest BCUT2D eigenvalue weighted by atomic mass is 9.84. The summed E-state index contributed by atoms with van der Waals surface area (Å²) in [7, 11) is 0. The fraction of sp³-hybridized carbons (Fsp3) is 0.421. The number of esters is 2. The number of carbonyl (C=O) groups excluding carboxylic acids is 3. The van der Waals surface area contributed by atoms with Gasteiger partial charge in [-0.25, -0.2) is 4.79 Å². The van der Waals surface area contributed by atoms with Crippen molar-refractivity contribution in [1.29, 1.82) is 0 Å². The molecule has 2 heterocycles. The van der Waals surface area contributed by atoms with Gasteiger partial charge in [-0.05, 0) is 31.0 Å².